The van der Waals surface area contributed by atoms with Gasteiger partial charge in [-0.3, -0.25) is 0 Å². The first kappa shape index (κ1) is 30.1. The van der Waals surface area contributed by atoms with Gasteiger partial charge in [0, 0.05) is 12.8 Å². The van der Waals surface area contributed by atoms with Gasteiger partial charge in [-0.2, -0.15) is 0 Å². The Hall–Kier alpha value is 0.0569. The van der Waals surface area contributed by atoms with Crippen molar-refractivity contribution in [3.05, 3.63) is 0 Å². The minimum absolute atomic E-state index is 0.878. The molecule has 0 aliphatic heterocycles. The predicted octanol–water partition coefficient (Wildman–Crippen LogP) is 5.87. The maximum Gasteiger partial charge on any atom is 0.205 e. The first-order chi connectivity index (χ1) is 14.5. The van der Waals surface area contributed by atoms with Gasteiger partial charge in [-0.25, -0.2) is 0 Å². The van der Waals surface area contributed by atoms with Crippen LogP contribution in [0.1, 0.15) is 87.0 Å². The second-order valence-electron chi connectivity index (χ2n) is 8.99. The van der Waals surface area contributed by atoms with E-state index in [-0.39, 0.29) is 0 Å². The molecule has 0 aliphatic carbocycles. The van der Waals surface area contributed by atoms with Crippen molar-refractivity contribution < 1.29 is 4.43 Å². The lowest BCUT2D eigenvalue weighted by Gasteiger charge is -2.36. The van der Waals surface area contributed by atoms with Crippen LogP contribution in [0.15, 0.2) is 0 Å². The Labute approximate surface area is 191 Å². The minimum Gasteiger partial charge on any atom is -0.416 e. The average Bonchev–Trinajstić information content (AvgIpc) is 2.73. The summed E-state index contributed by atoms with van der Waals surface area (Å²) in [6.07, 6.45) is 8.86. The van der Waals surface area contributed by atoms with E-state index in [2.05, 4.69) is 63.2 Å². The maximum absolute atomic E-state index is 6.44. The zero-order valence-corrected chi connectivity index (χ0v) is 23.0. The maximum atomic E-state index is 6.44. The fourth-order valence-electron chi connectivity index (χ4n) is 4.68. The molecule has 0 atom stereocenters. The Morgan fingerprint density at radius 1 is 0.500 bits per heavy atom. The molecule has 0 saturated carbocycles. The number of nitrogens with zero attached hydrogens (tertiary/aromatic N) is 3. The van der Waals surface area contributed by atoms with Crippen LogP contribution < -0.4 is 0 Å². The van der Waals surface area contributed by atoms with Gasteiger partial charge in [-0.1, -0.05) is 41.5 Å². The highest BCUT2D eigenvalue weighted by Crippen LogP contribution is 2.19. The Kier molecular flexibility index (Phi) is 19.8. The third-order valence-corrected chi connectivity index (χ3v) is 10.8. The molecule has 0 amide bonds. The lowest BCUT2D eigenvalue weighted by atomic mass is 10.2. The van der Waals surface area contributed by atoms with Crippen molar-refractivity contribution >= 4 is 8.32 Å². The molecule has 182 valence electrons. The summed E-state index contributed by atoms with van der Waals surface area (Å²) in [7, 11) is -1.62. The van der Waals surface area contributed by atoms with E-state index in [4.69, 9.17) is 4.43 Å². The summed E-state index contributed by atoms with van der Waals surface area (Å²) in [5.74, 6) is 0. The van der Waals surface area contributed by atoms with Crippen LogP contribution in [0.3, 0.4) is 0 Å². The van der Waals surface area contributed by atoms with Crippen LogP contribution in [0.4, 0.5) is 0 Å². The van der Waals surface area contributed by atoms with E-state index >= 15 is 0 Å². The van der Waals surface area contributed by atoms with Gasteiger partial charge in [-0.15, -0.1) is 0 Å². The Morgan fingerprint density at radius 3 is 1.17 bits per heavy atom. The predicted molar refractivity (Wildman–Crippen MR) is 138 cm³/mol. The summed E-state index contributed by atoms with van der Waals surface area (Å²) < 4.78 is 6.44. The van der Waals surface area contributed by atoms with Crippen molar-refractivity contribution in [3.63, 3.8) is 0 Å². The van der Waals surface area contributed by atoms with Crippen LogP contribution in [0, 0.1) is 0 Å². The molecule has 30 heavy (non-hydrogen) atoms. The standard InChI is InChI=1S/C25H57N3OSi/c1-8-17-26(18-9-2)21-15-23-28(25-30(13-6,14-7)29-12-5)24-16-22-27(19-10-3)20-11-4/h8-25H2,1-7H3. The molecule has 4 nitrogen and oxygen atoms in total. The normalized spacial score (nSPS) is 12.6. The summed E-state index contributed by atoms with van der Waals surface area (Å²) in [6.45, 7) is 26.9. The van der Waals surface area contributed by atoms with Crippen LogP contribution in [0.2, 0.25) is 12.1 Å². The number of hydrogen-bond donors (Lipinski definition) is 0. The molecule has 0 bridgehead atoms. The summed E-state index contributed by atoms with van der Waals surface area (Å²) in [6, 6.07) is 2.48. The monoisotopic (exact) mass is 443 g/mol. The van der Waals surface area contributed by atoms with Crippen molar-refractivity contribution in [1.29, 1.82) is 0 Å². The highest BCUT2D eigenvalue weighted by molar-refractivity contribution is 6.73. The molecular weight excluding hydrogens is 386 g/mol. The smallest absolute Gasteiger partial charge is 0.205 e. The van der Waals surface area contributed by atoms with Crippen molar-refractivity contribution in [1.82, 2.24) is 14.7 Å². The highest BCUT2D eigenvalue weighted by Gasteiger charge is 2.32. The van der Waals surface area contributed by atoms with Crippen molar-refractivity contribution in [2.45, 2.75) is 99.1 Å². The van der Waals surface area contributed by atoms with Crippen LogP contribution >= 0.6 is 0 Å². The largest absolute Gasteiger partial charge is 0.416 e. The van der Waals surface area contributed by atoms with E-state index in [0.717, 1.165) is 6.61 Å². The van der Waals surface area contributed by atoms with E-state index < -0.39 is 8.32 Å². The summed E-state index contributed by atoms with van der Waals surface area (Å²) in [5, 5.41) is 0. The van der Waals surface area contributed by atoms with Crippen LogP contribution in [-0.2, 0) is 4.43 Å². The molecule has 0 rings (SSSR count). The first-order valence-electron chi connectivity index (χ1n) is 13.3. The van der Waals surface area contributed by atoms with Gasteiger partial charge in [-0.05, 0) is 110 Å². The van der Waals surface area contributed by atoms with Gasteiger partial charge in [0.15, 0.2) is 0 Å². The molecule has 0 aromatic carbocycles. The third kappa shape index (κ3) is 13.5. The van der Waals surface area contributed by atoms with E-state index in [1.165, 1.54) is 109 Å². The Balaban J connectivity index is 4.88. The molecule has 0 radical (unpaired) electrons. The molecule has 0 saturated heterocycles. The van der Waals surface area contributed by atoms with Crippen molar-refractivity contribution in [2.75, 3.05) is 65.1 Å². The van der Waals surface area contributed by atoms with Crippen LogP contribution in [0.25, 0.3) is 0 Å². The molecule has 0 aliphatic rings. The van der Waals surface area contributed by atoms with Crippen molar-refractivity contribution in [2.24, 2.45) is 0 Å². The topological polar surface area (TPSA) is 19.0 Å². The second-order valence-corrected chi connectivity index (χ2v) is 13.4. The summed E-state index contributed by atoms with van der Waals surface area (Å²) in [4.78, 5) is 8.10. The van der Waals surface area contributed by atoms with E-state index in [0.29, 0.717) is 0 Å². The average molecular weight is 444 g/mol. The number of rotatable bonds is 22. The lowest BCUT2D eigenvalue weighted by molar-refractivity contribution is 0.210. The zero-order chi connectivity index (χ0) is 22.7. The van der Waals surface area contributed by atoms with Crippen LogP contribution in [-0.4, -0.2) is 88.2 Å². The molecule has 0 fully saturated rings. The fraction of sp³-hybridized carbons (Fsp3) is 1.00. The van der Waals surface area contributed by atoms with E-state index in [1.807, 2.05) is 0 Å². The molecule has 0 unspecified atom stereocenters. The van der Waals surface area contributed by atoms with Gasteiger partial charge in [0.1, 0.15) is 0 Å². The van der Waals surface area contributed by atoms with Crippen molar-refractivity contribution in [3.8, 4) is 0 Å². The quantitative estimate of drug-likeness (QED) is 0.195. The zero-order valence-electron chi connectivity index (χ0n) is 22.0. The first-order valence-corrected chi connectivity index (χ1v) is 15.9. The summed E-state index contributed by atoms with van der Waals surface area (Å²) >= 11 is 0. The fourth-order valence-corrected chi connectivity index (χ4v) is 7.87. The molecular formula is C25H57N3OSi. The molecule has 0 N–H and O–H groups in total. The third-order valence-electron chi connectivity index (χ3n) is 6.31. The molecule has 0 heterocycles. The van der Waals surface area contributed by atoms with Crippen LogP contribution in [0.5, 0.6) is 0 Å². The number of hydrogen-bond acceptors (Lipinski definition) is 4. The van der Waals surface area contributed by atoms with E-state index in [1.54, 1.807) is 0 Å². The van der Waals surface area contributed by atoms with Gasteiger partial charge >= 0.3 is 0 Å². The summed E-state index contributed by atoms with van der Waals surface area (Å²) in [5.41, 5.74) is 0. The van der Waals surface area contributed by atoms with Gasteiger partial charge in [0.25, 0.3) is 0 Å². The molecule has 5 heteroatoms. The molecule has 0 spiro atoms. The lowest BCUT2D eigenvalue weighted by Crippen LogP contribution is -2.50. The second kappa shape index (κ2) is 19.7. The SMILES string of the molecule is CCCN(CCC)CCCN(CCCN(CCC)CCC)C[Si](CC)(CC)OCC. The van der Waals surface area contributed by atoms with E-state index in [9.17, 15) is 0 Å². The van der Waals surface area contributed by atoms with Gasteiger partial charge in [0.2, 0.25) is 8.32 Å². The molecule has 0 aromatic heterocycles. The Morgan fingerprint density at radius 2 is 0.867 bits per heavy atom. The highest BCUT2D eigenvalue weighted by atomic mass is 28.4. The minimum atomic E-state index is -1.62. The van der Waals surface area contributed by atoms with Gasteiger partial charge < -0.3 is 19.1 Å². The van der Waals surface area contributed by atoms with Gasteiger partial charge in [0.05, 0.1) is 0 Å². The Bertz CT molecular complexity index is 332. The molecule has 0 aromatic rings.